The Morgan fingerprint density at radius 1 is 0.640 bits per heavy atom. The Bertz CT molecular complexity index is 796. The lowest BCUT2D eigenvalue weighted by Crippen LogP contribution is -1.98. The van der Waals surface area contributed by atoms with Crippen LogP contribution >= 0.6 is 0 Å². The summed E-state index contributed by atoms with van der Waals surface area (Å²) in [5.41, 5.74) is 1.26. The van der Waals surface area contributed by atoms with Crippen LogP contribution in [0.2, 0.25) is 0 Å². The van der Waals surface area contributed by atoms with Crippen LogP contribution in [0.5, 0.6) is 11.5 Å². The summed E-state index contributed by atoms with van der Waals surface area (Å²) in [6.07, 6.45) is 0. The van der Waals surface area contributed by atoms with E-state index in [9.17, 15) is 0 Å². The summed E-state index contributed by atoms with van der Waals surface area (Å²) in [5, 5.41) is 8.17. The van der Waals surface area contributed by atoms with Crippen molar-refractivity contribution in [2.24, 2.45) is 10.3 Å². The molecule has 5 heteroatoms. The van der Waals surface area contributed by atoms with Gasteiger partial charge in [-0.15, -0.1) is 0 Å². The van der Waals surface area contributed by atoms with E-state index >= 15 is 0 Å². The zero-order valence-electron chi connectivity index (χ0n) is 14.0. The van der Waals surface area contributed by atoms with E-state index < -0.39 is 0 Å². The van der Waals surface area contributed by atoms with Crippen LogP contribution in [-0.4, -0.2) is 11.4 Å². The highest BCUT2D eigenvalue weighted by molar-refractivity contribution is 5.99. The number of furan rings is 1. The summed E-state index contributed by atoms with van der Waals surface area (Å²) in [4.78, 5) is 10.7. The van der Waals surface area contributed by atoms with Gasteiger partial charge in [0.15, 0.2) is 23.0 Å². The molecule has 0 aliphatic heterocycles. The number of para-hydroxylation sites is 2. The molecule has 0 saturated carbocycles. The fourth-order valence-corrected chi connectivity index (χ4v) is 2.02. The second-order valence-corrected chi connectivity index (χ2v) is 5.33. The summed E-state index contributed by atoms with van der Waals surface area (Å²) in [5.74, 6) is 2.56. The lowest BCUT2D eigenvalue weighted by molar-refractivity contribution is 0.338. The van der Waals surface area contributed by atoms with Crippen molar-refractivity contribution in [3.63, 3.8) is 0 Å². The van der Waals surface area contributed by atoms with Crippen molar-refractivity contribution in [3.05, 3.63) is 84.3 Å². The average molecular weight is 334 g/mol. The van der Waals surface area contributed by atoms with Crippen molar-refractivity contribution in [1.29, 1.82) is 0 Å². The van der Waals surface area contributed by atoms with Crippen molar-refractivity contribution in [2.45, 2.75) is 13.8 Å². The van der Waals surface area contributed by atoms with Gasteiger partial charge in [-0.25, -0.2) is 0 Å². The Morgan fingerprint density at radius 3 is 1.44 bits per heavy atom. The van der Waals surface area contributed by atoms with E-state index in [4.69, 9.17) is 14.1 Å². The Morgan fingerprint density at radius 2 is 1.04 bits per heavy atom. The molecule has 5 nitrogen and oxygen atoms in total. The van der Waals surface area contributed by atoms with E-state index in [1.807, 2.05) is 86.6 Å². The molecular weight excluding hydrogens is 316 g/mol. The topological polar surface area (TPSA) is 56.3 Å². The fourth-order valence-electron chi connectivity index (χ4n) is 2.02. The minimum atomic E-state index is 0.611. The van der Waals surface area contributed by atoms with Crippen LogP contribution in [0.4, 0.5) is 0 Å². The van der Waals surface area contributed by atoms with Crippen molar-refractivity contribution >= 4 is 11.4 Å². The molecule has 0 N–H and O–H groups in total. The zero-order chi connectivity index (χ0) is 17.5. The number of oxime groups is 2. The second-order valence-electron chi connectivity index (χ2n) is 5.33. The van der Waals surface area contributed by atoms with E-state index in [1.165, 1.54) is 0 Å². The Balaban J connectivity index is 1.66. The zero-order valence-corrected chi connectivity index (χ0v) is 14.0. The van der Waals surface area contributed by atoms with E-state index in [1.54, 1.807) is 0 Å². The third kappa shape index (κ3) is 4.57. The molecule has 0 aliphatic rings. The van der Waals surface area contributed by atoms with Crippen molar-refractivity contribution in [2.75, 3.05) is 0 Å². The maximum absolute atomic E-state index is 5.76. The van der Waals surface area contributed by atoms with E-state index in [-0.39, 0.29) is 0 Å². The van der Waals surface area contributed by atoms with Crippen LogP contribution in [0, 0.1) is 0 Å². The third-order valence-electron chi connectivity index (χ3n) is 3.38. The summed E-state index contributed by atoms with van der Waals surface area (Å²) in [7, 11) is 0. The van der Waals surface area contributed by atoms with Gasteiger partial charge in [-0.2, -0.15) is 0 Å². The molecule has 0 bridgehead atoms. The van der Waals surface area contributed by atoms with Gasteiger partial charge in [0, 0.05) is 0 Å². The first kappa shape index (κ1) is 16.5. The first-order chi connectivity index (χ1) is 12.2. The molecule has 3 rings (SSSR count). The smallest absolute Gasteiger partial charge is 0.157 e. The SMILES string of the molecule is C/C(=N/Oc1ccccc1)c1ccc(/C(C)=N/Oc2ccccc2)o1. The lowest BCUT2D eigenvalue weighted by Gasteiger charge is -2.00. The molecular formula is C20H18N2O3. The van der Waals surface area contributed by atoms with E-state index in [0.717, 1.165) is 0 Å². The predicted octanol–water partition coefficient (Wildman–Crippen LogP) is 4.89. The number of rotatable bonds is 6. The van der Waals surface area contributed by atoms with Crippen molar-refractivity contribution < 1.29 is 14.1 Å². The Kier molecular flexibility index (Phi) is 5.26. The second kappa shape index (κ2) is 7.97. The third-order valence-corrected chi connectivity index (χ3v) is 3.38. The molecule has 0 radical (unpaired) electrons. The van der Waals surface area contributed by atoms with Gasteiger partial charge in [0.25, 0.3) is 0 Å². The minimum absolute atomic E-state index is 0.611. The van der Waals surface area contributed by atoms with Crippen molar-refractivity contribution in [3.8, 4) is 11.5 Å². The van der Waals surface area contributed by atoms with Gasteiger partial charge >= 0.3 is 0 Å². The number of hydrogen-bond donors (Lipinski definition) is 0. The highest BCUT2D eigenvalue weighted by Crippen LogP contribution is 2.14. The molecule has 2 aromatic carbocycles. The molecule has 3 aromatic rings. The van der Waals surface area contributed by atoms with Crippen LogP contribution in [-0.2, 0) is 0 Å². The van der Waals surface area contributed by atoms with E-state index in [0.29, 0.717) is 34.4 Å². The molecule has 0 unspecified atom stereocenters. The minimum Gasteiger partial charge on any atom is -0.453 e. The highest BCUT2D eigenvalue weighted by atomic mass is 16.6. The Labute approximate surface area is 146 Å². The summed E-state index contributed by atoms with van der Waals surface area (Å²) >= 11 is 0. The number of benzene rings is 2. The van der Waals surface area contributed by atoms with Crippen LogP contribution in [0.3, 0.4) is 0 Å². The van der Waals surface area contributed by atoms with Crippen LogP contribution in [0.25, 0.3) is 0 Å². The van der Waals surface area contributed by atoms with Gasteiger partial charge in [-0.1, -0.05) is 46.7 Å². The van der Waals surface area contributed by atoms with Crippen LogP contribution in [0.1, 0.15) is 25.4 Å². The number of hydrogen-bond acceptors (Lipinski definition) is 5. The molecule has 0 fully saturated rings. The van der Waals surface area contributed by atoms with Gasteiger partial charge in [0.05, 0.1) is 0 Å². The normalized spacial score (nSPS) is 12.1. The van der Waals surface area contributed by atoms with Gasteiger partial charge in [0.1, 0.15) is 11.4 Å². The summed E-state index contributed by atoms with van der Waals surface area (Å²) < 4.78 is 5.76. The van der Waals surface area contributed by atoms with Crippen molar-refractivity contribution in [1.82, 2.24) is 0 Å². The lowest BCUT2D eigenvalue weighted by atomic mass is 10.3. The van der Waals surface area contributed by atoms with Crippen LogP contribution in [0.15, 0.2) is 87.5 Å². The van der Waals surface area contributed by atoms with Gasteiger partial charge in [-0.05, 0) is 50.2 Å². The molecule has 1 aromatic heterocycles. The van der Waals surface area contributed by atoms with Gasteiger partial charge < -0.3 is 14.1 Å². The molecule has 0 amide bonds. The fraction of sp³-hybridized carbons (Fsp3) is 0.100. The first-order valence-electron chi connectivity index (χ1n) is 7.86. The summed E-state index contributed by atoms with van der Waals surface area (Å²) in [6, 6.07) is 22.4. The average Bonchev–Trinajstić information content (AvgIpc) is 3.16. The van der Waals surface area contributed by atoms with Gasteiger partial charge in [0.2, 0.25) is 0 Å². The molecule has 0 aliphatic carbocycles. The quantitative estimate of drug-likeness (QED) is 0.476. The standard InChI is InChI=1S/C20H18N2O3/c1-15(21-24-17-9-5-3-6-10-17)19-13-14-20(23-19)16(2)22-25-18-11-7-4-8-12-18/h3-14H,1-2H3/b21-15-,22-16+. The largest absolute Gasteiger partial charge is 0.453 e. The summed E-state index contributed by atoms with van der Waals surface area (Å²) in [6.45, 7) is 3.64. The molecule has 1 heterocycles. The van der Waals surface area contributed by atoms with Gasteiger partial charge in [-0.3, -0.25) is 0 Å². The molecule has 126 valence electrons. The highest BCUT2D eigenvalue weighted by Gasteiger charge is 2.09. The molecule has 25 heavy (non-hydrogen) atoms. The van der Waals surface area contributed by atoms with E-state index in [2.05, 4.69) is 10.3 Å². The maximum Gasteiger partial charge on any atom is 0.157 e. The maximum atomic E-state index is 5.76. The monoisotopic (exact) mass is 334 g/mol. The Hall–Kier alpha value is -3.34. The molecule has 0 spiro atoms. The molecule has 0 saturated heterocycles. The first-order valence-corrected chi connectivity index (χ1v) is 7.86. The van der Waals surface area contributed by atoms with Crippen LogP contribution < -0.4 is 9.68 Å². The number of nitrogens with zero attached hydrogens (tertiary/aromatic N) is 2. The molecule has 0 atom stereocenters. The predicted molar refractivity (Wildman–Crippen MR) is 97.3 cm³/mol.